The largest absolute Gasteiger partial charge is 0.508 e. The molecule has 2 saturated carbocycles. The Hall–Kier alpha value is -6.01. The van der Waals surface area contributed by atoms with Crippen molar-refractivity contribution < 1.29 is 43.8 Å². The number of fused-ring (bicyclic) bond motifs is 14. The Bertz CT molecular complexity index is 3670. The summed E-state index contributed by atoms with van der Waals surface area (Å²) in [5.41, 5.74) is 20.0. The molecular weight excluding hydrogens is 1130 g/mol. The molecule has 1 spiro atoms. The third kappa shape index (κ3) is 10.2. The molecule has 12 bridgehead atoms. The fraction of sp³-hybridized carbons (Fsp3) is 0.514. The number of esters is 1. The topological polar surface area (TPSA) is 186 Å². The molecule has 15 heteroatoms. The first-order chi connectivity index (χ1) is 42.5. The van der Waals surface area contributed by atoms with E-state index >= 15 is 0 Å². The van der Waals surface area contributed by atoms with Gasteiger partial charge in [-0.25, -0.2) is 0 Å². The zero-order valence-electron chi connectivity index (χ0n) is 50.1. The van der Waals surface area contributed by atoms with Gasteiger partial charge in [-0.1, -0.05) is 94.3 Å². The first-order valence-electron chi connectivity index (χ1n) is 32.0. The van der Waals surface area contributed by atoms with Gasteiger partial charge in [-0.2, -0.15) is 0 Å². The van der Waals surface area contributed by atoms with Crippen molar-refractivity contribution in [1.82, 2.24) is 16.0 Å². The van der Waals surface area contributed by atoms with Crippen LogP contribution in [0.25, 0.3) is 17.2 Å². The molecule has 15 unspecified atom stereocenters. The third-order valence-corrected chi connectivity index (χ3v) is 24.4. The van der Waals surface area contributed by atoms with Crippen molar-refractivity contribution in [3.05, 3.63) is 128 Å². The van der Waals surface area contributed by atoms with Crippen LogP contribution in [0.15, 0.2) is 72.0 Å². The number of ether oxygens (including phenoxy) is 5. The van der Waals surface area contributed by atoms with E-state index in [0.717, 1.165) is 120 Å². The average molecular weight is 1210 g/mol. The normalized spacial score (nSPS) is 32.9. The molecule has 15 rings (SSSR count). The van der Waals surface area contributed by atoms with Gasteiger partial charge in [0.2, 0.25) is 0 Å². The first kappa shape index (κ1) is 57.4. The summed E-state index contributed by atoms with van der Waals surface area (Å²) >= 11 is 0. The van der Waals surface area contributed by atoms with Crippen molar-refractivity contribution in [3.8, 4) is 63.6 Å². The van der Waals surface area contributed by atoms with E-state index in [1.807, 2.05) is 27.7 Å². The van der Waals surface area contributed by atoms with Crippen molar-refractivity contribution in [1.29, 1.82) is 0 Å². The maximum atomic E-state index is 13.8. The Morgan fingerprint density at radius 2 is 1.79 bits per heavy atom. The number of aromatic hydroxyl groups is 2. The van der Waals surface area contributed by atoms with Gasteiger partial charge in [0.1, 0.15) is 42.0 Å². The van der Waals surface area contributed by atoms with Crippen LogP contribution in [0.3, 0.4) is 0 Å². The van der Waals surface area contributed by atoms with Crippen LogP contribution in [0.1, 0.15) is 138 Å². The number of rotatable bonds is 6. The molecule has 87 heavy (non-hydrogen) atoms. The quantitative estimate of drug-likeness (QED) is 0.0549. The minimum atomic E-state index is -0.841. The number of carbonyl (C=O) groups is 1. The van der Waals surface area contributed by atoms with Crippen LogP contribution in [0, 0.1) is 59.2 Å². The summed E-state index contributed by atoms with van der Waals surface area (Å²) in [4.78, 5) is 13.4. The highest BCUT2D eigenvalue weighted by Crippen LogP contribution is 2.64. The Kier molecular flexibility index (Phi) is 15.5. The molecule has 11 aliphatic rings. The van der Waals surface area contributed by atoms with Gasteiger partial charge < -0.3 is 60.7 Å². The number of aliphatic hydroxyl groups is 1. The highest BCUT2D eigenvalue weighted by molar-refractivity contribution is 8.76. The van der Waals surface area contributed by atoms with E-state index in [1.54, 1.807) is 20.3 Å². The lowest BCUT2D eigenvalue weighted by atomic mass is 9.64. The number of benzene rings is 4. The molecule has 15 atom stereocenters. The Morgan fingerprint density at radius 3 is 2.66 bits per heavy atom. The van der Waals surface area contributed by atoms with Crippen LogP contribution in [0.2, 0.25) is 0 Å². The van der Waals surface area contributed by atoms with Gasteiger partial charge in [0.05, 0.1) is 37.5 Å². The van der Waals surface area contributed by atoms with Gasteiger partial charge >= 0.3 is 5.97 Å². The van der Waals surface area contributed by atoms with Crippen LogP contribution in [-0.4, -0.2) is 97.2 Å². The van der Waals surface area contributed by atoms with E-state index in [0.29, 0.717) is 59.8 Å². The molecule has 13 nitrogen and oxygen atoms in total. The summed E-state index contributed by atoms with van der Waals surface area (Å²) in [7, 11) is 7.20. The minimum absolute atomic E-state index is 0.00574. The molecule has 0 amide bonds. The molecule has 4 aromatic carbocycles. The molecule has 0 aromatic heterocycles. The second-order valence-electron chi connectivity index (χ2n) is 26.8. The molecule has 1 saturated heterocycles. The van der Waals surface area contributed by atoms with Crippen LogP contribution >= 0.6 is 21.6 Å². The maximum absolute atomic E-state index is 13.8. The number of carbonyl (C=O) groups excluding carboxylic acids is 1. The number of hydrogen-bond acceptors (Lipinski definition) is 15. The van der Waals surface area contributed by atoms with Crippen molar-refractivity contribution in [2.75, 3.05) is 45.5 Å². The second-order valence-corrected chi connectivity index (χ2v) is 29.4. The van der Waals surface area contributed by atoms with Crippen LogP contribution in [-0.2, 0) is 51.9 Å². The van der Waals surface area contributed by atoms with Crippen molar-refractivity contribution >= 4 is 33.6 Å². The molecule has 8 N–H and O–H groups in total. The average Bonchev–Trinajstić information content (AvgIpc) is 1.66. The monoisotopic (exact) mass is 1210 g/mol. The predicted octanol–water partition coefficient (Wildman–Crippen LogP) is 10.3. The summed E-state index contributed by atoms with van der Waals surface area (Å²) in [5.74, 6) is 17.6. The molecular formula is C72H80N4O9S2. The Balaban J connectivity index is 1.07. The number of nitrogens with one attached hydrogen (secondary N) is 3. The summed E-state index contributed by atoms with van der Waals surface area (Å²) in [6.45, 7) is 1.99. The molecule has 4 aromatic rings. The molecule has 3 fully saturated rings. The number of aliphatic hydroxyl groups excluding tert-OH is 1. The van der Waals surface area contributed by atoms with Crippen molar-refractivity contribution in [3.63, 3.8) is 0 Å². The van der Waals surface area contributed by atoms with Gasteiger partial charge in [-0.05, 0) is 152 Å². The Labute approximate surface area is 519 Å². The van der Waals surface area contributed by atoms with E-state index < -0.39 is 35.5 Å². The van der Waals surface area contributed by atoms with E-state index in [1.165, 1.54) is 36.5 Å². The smallest absolute Gasteiger partial charge is 0.302 e. The summed E-state index contributed by atoms with van der Waals surface area (Å²) < 4.78 is 34.3. The van der Waals surface area contributed by atoms with Gasteiger partial charge in [0.25, 0.3) is 0 Å². The number of hydrogen-bond donors (Lipinski definition) is 7. The molecule has 0 radical (unpaired) electrons. The van der Waals surface area contributed by atoms with Gasteiger partial charge in [0, 0.05) is 113 Å². The second kappa shape index (κ2) is 23.4. The molecule has 5 aliphatic carbocycles. The number of phenolic OH excluding ortho intramolecular Hbond substituents is 2. The lowest BCUT2D eigenvalue weighted by Crippen LogP contribution is -2.49. The van der Waals surface area contributed by atoms with Gasteiger partial charge in [0.15, 0.2) is 11.5 Å². The fourth-order valence-corrected chi connectivity index (χ4v) is 20.5. The van der Waals surface area contributed by atoms with Crippen molar-refractivity contribution in [2.24, 2.45) is 41.2 Å². The lowest BCUT2D eigenvalue weighted by Gasteiger charge is -2.40. The number of dihydropyridines is 1. The zero-order chi connectivity index (χ0) is 59.2. The van der Waals surface area contributed by atoms with Crippen molar-refractivity contribution in [2.45, 2.75) is 151 Å². The number of nitrogens with two attached hydrogens (primary N) is 1. The van der Waals surface area contributed by atoms with E-state index in [9.17, 15) is 20.1 Å². The van der Waals surface area contributed by atoms with Gasteiger partial charge in [-0.15, -0.1) is 0 Å². The molecule has 454 valence electrons. The predicted molar refractivity (Wildman–Crippen MR) is 341 cm³/mol. The maximum Gasteiger partial charge on any atom is 0.302 e. The zero-order valence-corrected chi connectivity index (χ0v) is 51.7. The van der Waals surface area contributed by atoms with Crippen LogP contribution in [0.5, 0.6) is 28.7 Å². The third-order valence-electron chi connectivity index (χ3n) is 21.9. The lowest BCUT2D eigenvalue weighted by molar-refractivity contribution is -0.141. The van der Waals surface area contributed by atoms with Crippen LogP contribution in [0.4, 0.5) is 0 Å². The number of phenols is 2. The SMILES string of the molecule is COCC1C2C#CC3C#CC4=C(C=CC(N)N4)C4Cc5ccc(c(c5)C2)CCCC(NCc2c(O)c5c(c(c23)C2Oc3c(ccc6c3C3(CCC4C3)Cc3cc(O)cc(OC)c3-6)C2COC(C)=O)C=CC2NC3CCCC(CSSCC2O5)C3)C1CO. The summed E-state index contributed by atoms with van der Waals surface area (Å²) in [6, 6.07) is 15.2. The summed E-state index contributed by atoms with van der Waals surface area (Å²) in [5, 5.41) is 48.9. The van der Waals surface area contributed by atoms with E-state index in [4.69, 9.17) is 29.4 Å². The molecule has 6 aliphatic heterocycles. The first-order valence-corrected chi connectivity index (χ1v) is 34.5. The van der Waals surface area contributed by atoms with Crippen LogP contribution < -0.4 is 35.9 Å². The Morgan fingerprint density at radius 1 is 0.897 bits per heavy atom. The number of allylic oxidation sites excluding steroid dienone is 3. The number of methoxy groups -OCH3 is 2. The standard InChI is InChI=1S/C72H80N4O9S2/c1-38(78)83-35-57-50-15-16-51-64-46(28-48(79)29-61(64)82-3)31-72-23-22-44(30-72)53-26-39-10-11-41-7-5-9-58-55(33-77)56(34-81-2)43(27-45(41)24-39)13-12-42(14-19-59-49(53)18-21-63(73)76-59)65-54(32-74-58)68(80)71-52(66(65)69(57)85-70(50)67(51)72)17-20-60-62(84-71)37-87-86-36-40-6-4-8-47(25-40)75-60/h10-11,15-18,20-21,24,28-29,40,42-44,47,53,55-58,60,62-63,69,74-77,79-80H,4-9,22-23,25-27,30-37,73H2,1-3H3. The van der Waals surface area contributed by atoms with E-state index in [2.05, 4.69) is 94.3 Å². The number of aryl methyl sites for hydroxylation is 1. The molecule has 6 heterocycles. The van der Waals surface area contributed by atoms with E-state index in [-0.39, 0.29) is 79.0 Å². The van der Waals surface area contributed by atoms with Gasteiger partial charge in [-0.3, -0.25) is 4.79 Å². The minimum Gasteiger partial charge on any atom is -0.508 e. The highest BCUT2D eigenvalue weighted by Gasteiger charge is 2.54. The summed E-state index contributed by atoms with van der Waals surface area (Å²) in [6.07, 6.45) is 18.8. The highest BCUT2D eigenvalue weighted by atomic mass is 33.1. The fourth-order valence-electron chi connectivity index (χ4n) is 17.9.